The first kappa shape index (κ1) is 9.49. The van der Waals surface area contributed by atoms with Crippen LogP contribution < -0.4 is 0 Å². The third-order valence-electron chi connectivity index (χ3n) is 2.03. The van der Waals surface area contributed by atoms with E-state index in [-0.39, 0.29) is 0 Å². The third kappa shape index (κ3) is 1.89. The normalized spacial score (nSPS) is 11.0. The van der Waals surface area contributed by atoms with E-state index in [1.54, 1.807) is 7.11 Å². The molecule has 0 radical (unpaired) electrons. The zero-order valence-electron chi connectivity index (χ0n) is 7.90. The Morgan fingerprint density at radius 1 is 1.57 bits per heavy atom. The number of hydrogen-bond donors (Lipinski definition) is 0. The van der Waals surface area contributed by atoms with Gasteiger partial charge in [0.05, 0.1) is 12.3 Å². The van der Waals surface area contributed by atoms with Gasteiger partial charge >= 0.3 is 0 Å². The second kappa shape index (κ2) is 3.98. The van der Waals surface area contributed by atoms with Crippen LogP contribution in [-0.4, -0.2) is 23.1 Å². The van der Waals surface area contributed by atoms with Crippen molar-refractivity contribution >= 4 is 17.2 Å². The number of pyridine rings is 1. The second-order valence-electron chi connectivity index (χ2n) is 3.09. The zero-order chi connectivity index (χ0) is 9.97. The molecule has 74 valence electrons. The molecule has 0 atom stereocenters. The third-order valence-corrected chi connectivity index (χ3v) is 2.27. The smallest absolute Gasteiger partial charge is 0.138 e. The summed E-state index contributed by atoms with van der Waals surface area (Å²) in [6.07, 6.45) is 4.72. The van der Waals surface area contributed by atoms with Gasteiger partial charge in [-0.15, -0.1) is 0 Å². The highest BCUT2D eigenvalue weighted by molar-refractivity contribution is 6.30. The van der Waals surface area contributed by atoms with Gasteiger partial charge in [-0.2, -0.15) is 0 Å². The van der Waals surface area contributed by atoms with Crippen LogP contribution in [0.15, 0.2) is 24.5 Å². The molecule has 0 aromatic carbocycles. The number of aromatic nitrogens is 2. The highest BCUT2D eigenvalue weighted by Gasteiger charge is 2.01. The Bertz CT molecular complexity index is 439. The molecule has 0 unspecified atom stereocenters. The molecule has 2 aromatic heterocycles. The molecular formula is C10H11ClN2O. The summed E-state index contributed by atoms with van der Waals surface area (Å²) >= 11 is 5.85. The van der Waals surface area contributed by atoms with E-state index < -0.39 is 0 Å². The molecule has 2 heterocycles. The molecule has 0 saturated heterocycles. The lowest BCUT2D eigenvalue weighted by Gasteiger charge is -1.91. The van der Waals surface area contributed by atoms with Crippen LogP contribution in [0.1, 0.15) is 5.69 Å². The predicted molar refractivity (Wildman–Crippen MR) is 55.8 cm³/mol. The van der Waals surface area contributed by atoms with Gasteiger partial charge in [-0.1, -0.05) is 11.6 Å². The number of imidazole rings is 1. The summed E-state index contributed by atoms with van der Waals surface area (Å²) in [5.41, 5.74) is 1.90. The molecule has 4 heteroatoms. The van der Waals surface area contributed by atoms with Crippen molar-refractivity contribution in [1.29, 1.82) is 0 Å². The van der Waals surface area contributed by atoms with Gasteiger partial charge in [-0.05, 0) is 12.1 Å². The van der Waals surface area contributed by atoms with Crippen LogP contribution in [0.25, 0.3) is 5.65 Å². The molecule has 0 fully saturated rings. The minimum atomic E-state index is 0.692. The van der Waals surface area contributed by atoms with E-state index in [0.717, 1.165) is 17.8 Å². The molecule has 2 rings (SSSR count). The lowest BCUT2D eigenvalue weighted by Crippen LogP contribution is -1.93. The Morgan fingerprint density at radius 3 is 3.21 bits per heavy atom. The van der Waals surface area contributed by atoms with Crippen molar-refractivity contribution in [2.75, 3.05) is 13.7 Å². The van der Waals surface area contributed by atoms with E-state index in [9.17, 15) is 0 Å². The molecule has 3 nitrogen and oxygen atoms in total. The van der Waals surface area contributed by atoms with E-state index in [2.05, 4.69) is 4.98 Å². The van der Waals surface area contributed by atoms with Crippen molar-refractivity contribution in [3.63, 3.8) is 0 Å². The molecule has 0 spiro atoms. The lowest BCUT2D eigenvalue weighted by molar-refractivity contribution is 0.201. The molecule has 0 N–H and O–H groups in total. The average molecular weight is 211 g/mol. The lowest BCUT2D eigenvalue weighted by atomic mass is 10.3. The van der Waals surface area contributed by atoms with Crippen molar-refractivity contribution in [2.24, 2.45) is 0 Å². The topological polar surface area (TPSA) is 26.5 Å². The molecular weight excluding hydrogens is 200 g/mol. The van der Waals surface area contributed by atoms with E-state index in [1.165, 1.54) is 0 Å². The number of methoxy groups -OCH3 is 1. The van der Waals surface area contributed by atoms with Crippen LogP contribution in [-0.2, 0) is 11.2 Å². The van der Waals surface area contributed by atoms with Gasteiger partial charge in [0.2, 0.25) is 0 Å². The summed E-state index contributed by atoms with van der Waals surface area (Å²) in [5.74, 6) is 0. The maximum Gasteiger partial charge on any atom is 0.138 e. The number of nitrogens with zero attached hydrogens (tertiary/aromatic N) is 2. The van der Waals surface area contributed by atoms with Gasteiger partial charge in [0.15, 0.2) is 0 Å². The van der Waals surface area contributed by atoms with E-state index in [0.29, 0.717) is 11.6 Å². The molecule has 2 aromatic rings. The predicted octanol–water partition coefficient (Wildman–Crippen LogP) is 2.18. The molecule has 0 saturated carbocycles. The largest absolute Gasteiger partial charge is 0.384 e. The summed E-state index contributed by atoms with van der Waals surface area (Å²) in [6.45, 7) is 0.692. The average Bonchev–Trinajstić information content (AvgIpc) is 2.56. The van der Waals surface area contributed by atoms with Crippen LogP contribution >= 0.6 is 11.6 Å². The fourth-order valence-electron chi connectivity index (χ4n) is 1.34. The van der Waals surface area contributed by atoms with Crippen LogP contribution in [0.4, 0.5) is 0 Å². The summed E-state index contributed by atoms with van der Waals surface area (Å²) in [6, 6.07) is 3.69. The first-order valence-corrected chi connectivity index (χ1v) is 4.79. The minimum absolute atomic E-state index is 0.692. The van der Waals surface area contributed by atoms with Crippen molar-refractivity contribution in [2.45, 2.75) is 6.42 Å². The van der Waals surface area contributed by atoms with Crippen LogP contribution in [0, 0.1) is 0 Å². The SMILES string of the molecule is COCCc1cn2ccc(Cl)cc2n1. The summed E-state index contributed by atoms with van der Waals surface area (Å²) in [4.78, 5) is 4.41. The maximum absolute atomic E-state index is 5.85. The standard InChI is InChI=1S/C10H11ClN2O/c1-14-5-3-9-7-13-4-2-8(11)6-10(13)12-9/h2,4,6-7H,3,5H2,1H3. The fourth-order valence-corrected chi connectivity index (χ4v) is 1.49. The van der Waals surface area contributed by atoms with Crippen molar-refractivity contribution in [1.82, 2.24) is 9.38 Å². The monoisotopic (exact) mass is 210 g/mol. The fraction of sp³-hybridized carbons (Fsp3) is 0.300. The molecule has 0 aliphatic heterocycles. The van der Waals surface area contributed by atoms with Gasteiger partial charge < -0.3 is 9.14 Å². The Kier molecular flexibility index (Phi) is 2.70. The van der Waals surface area contributed by atoms with E-state index in [1.807, 2.05) is 28.9 Å². The maximum atomic E-state index is 5.85. The first-order valence-electron chi connectivity index (χ1n) is 4.41. The summed E-state index contributed by atoms with van der Waals surface area (Å²) < 4.78 is 6.95. The number of ether oxygens (including phenoxy) is 1. The Hall–Kier alpha value is -1.06. The van der Waals surface area contributed by atoms with Crippen molar-refractivity contribution in [3.05, 3.63) is 35.2 Å². The van der Waals surface area contributed by atoms with Crippen LogP contribution in [0.2, 0.25) is 5.02 Å². The molecule has 0 aliphatic rings. The zero-order valence-corrected chi connectivity index (χ0v) is 8.66. The summed E-state index contributed by atoms with van der Waals surface area (Å²) in [7, 11) is 1.69. The number of rotatable bonds is 3. The van der Waals surface area contributed by atoms with Crippen LogP contribution in [0.5, 0.6) is 0 Å². The molecule has 0 bridgehead atoms. The van der Waals surface area contributed by atoms with Gasteiger partial charge in [-0.3, -0.25) is 0 Å². The Labute approximate surface area is 87.3 Å². The molecule has 0 amide bonds. The van der Waals surface area contributed by atoms with Crippen molar-refractivity contribution < 1.29 is 4.74 Å². The molecule has 0 aliphatic carbocycles. The Balaban J connectivity index is 2.32. The van der Waals surface area contributed by atoms with E-state index >= 15 is 0 Å². The number of halogens is 1. The van der Waals surface area contributed by atoms with Gasteiger partial charge in [-0.25, -0.2) is 4.98 Å². The minimum Gasteiger partial charge on any atom is -0.384 e. The number of hydrogen-bond acceptors (Lipinski definition) is 2. The Morgan fingerprint density at radius 2 is 2.43 bits per heavy atom. The number of fused-ring (bicyclic) bond motifs is 1. The van der Waals surface area contributed by atoms with Gasteiger partial charge in [0, 0.05) is 30.9 Å². The first-order chi connectivity index (χ1) is 6.79. The van der Waals surface area contributed by atoms with E-state index in [4.69, 9.17) is 16.3 Å². The van der Waals surface area contributed by atoms with Crippen molar-refractivity contribution in [3.8, 4) is 0 Å². The molecule has 14 heavy (non-hydrogen) atoms. The van der Waals surface area contributed by atoms with Crippen LogP contribution in [0.3, 0.4) is 0 Å². The van der Waals surface area contributed by atoms with Gasteiger partial charge in [0.1, 0.15) is 5.65 Å². The van der Waals surface area contributed by atoms with Gasteiger partial charge in [0.25, 0.3) is 0 Å². The highest BCUT2D eigenvalue weighted by atomic mass is 35.5. The quantitative estimate of drug-likeness (QED) is 0.777. The second-order valence-corrected chi connectivity index (χ2v) is 3.52. The summed E-state index contributed by atoms with van der Waals surface area (Å²) in [5, 5.41) is 0.710. The highest BCUT2D eigenvalue weighted by Crippen LogP contribution is 2.12.